The number of ether oxygens (including phenoxy) is 2. The van der Waals surface area contributed by atoms with Crippen molar-refractivity contribution in [2.24, 2.45) is 0 Å². The maximum absolute atomic E-state index is 12.2. The monoisotopic (exact) mass is 363 g/mol. The van der Waals surface area contributed by atoms with Crippen molar-refractivity contribution >= 4 is 17.5 Å². The fourth-order valence-electron chi connectivity index (χ4n) is 2.96. The summed E-state index contributed by atoms with van der Waals surface area (Å²) in [4.78, 5) is 13.9. The Balaban J connectivity index is 1.93. The number of hydrogen-bond donors (Lipinski definition) is 2. The molecule has 146 valence electrons. The van der Waals surface area contributed by atoms with E-state index in [1.54, 1.807) is 4.90 Å². The molecule has 0 atom stereocenters. The lowest BCUT2D eigenvalue weighted by Crippen LogP contribution is -2.44. The van der Waals surface area contributed by atoms with Crippen LogP contribution >= 0.6 is 0 Å². The summed E-state index contributed by atoms with van der Waals surface area (Å²) in [7, 11) is 0. The second kappa shape index (κ2) is 8.06. The highest BCUT2D eigenvalue weighted by Crippen LogP contribution is 2.31. The number of benzene rings is 1. The van der Waals surface area contributed by atoms with Crippen LogP contribution in [0, 0.1) is 6.92 Å². The van der Waals surface area contributed by atoms with Crippen molar-refractivity contribution in [2.75, 3.05) is 24.1 Å². The Morgan fingerprint density at radius 1 is 1.27 bits per heavy atom. The summed E-state index contributed by atoms with van der Waals surface area (Å²) in [6, 6.07) is 4.20. The summed E-state index contributed by atoms with van der Waals surface area (Å²) in [5.74, 6) is 0.822. The maximum Gasteiger partial charge on any atom is 0.410 e. The van der Waals surface area contributed by atoms with E-state index in [9.17, 15) is 4.79 Å². The van der Waals surface area contributed by atoms with Gasteiger partial charge in [-0.05, 0) is 66.0 Å². The highest BCUT2D eigenvalue weighted by Gasteiger charge is 2.27. The van der Waals surface area contributed by atoms with Crippen LogP contribution in [0.3, 0.4) is 0 Å². The first-order chi connectivity index (χ1) is 12.0. The third kappa shape index (κ3) is 5.71. The molecular weight excluding hydrogens is 330 g/mol. The normalized spacial score (nSPS) is 15.9. The number of nitrogens with zero attached hydrogens (tertiary/aromatic N) is 1. The summed E-state index contributed by atoms with van der Waals surface area (Å²) in [6.45, 7) is 13.0. The third-order valence-corrected chi connectivity index (χ3v) is 4.22. The SMILES string of the molecule is Cc1cc(NC2CCN(C(=O)OC(C)(C)C)CC2)c(N)cc1OC(C)C. The first-order valence-corrected chi connectivity index (χ1v) is 9.36. The van der Waals surface area contributed by atoms with Gasteiger partial charge >= 0.3 is 6.09 Å². The molecule has 1 aromatic carbocycles. The molecule has 6 nitrogen and oxygen atoms in total. The molecule has 1 heterocycles. The van der Waals surface area contributed by atoms with Crippen LogP contribution in [-0.4, -0.2) is 41.8 Å². The number of nitrogens with one attached hydrogen (secondary N) is 1. The van der Waals surface area contributed by atoms with E-state index < -0.39 is 5.60 Å². The quantitative estimate of drug-likeness (QED) is 0.785. The molecule has 0 saturated carbocycles. The molecule has 1 amide bonds. The topological polar surface area (TPSA) is 76.8 Å². The molecule has 0 radical (unpaired) electrons. The minimum atomic E-state index is -0.460. The number of anilines is 2. The van der Waals surface area contributed by atoms with Crippen LogP contribution in [0.5, 0.6) is 5.75 Å². The number of rotatable bonds is 4. The molecule has 0 unspecified atom stereocenters. The number of amides is 1. The molecule has 26 heavy (non-hydrogen) atoms. The van der Waals surface area contributed by atoms with E-state index in [1.807, 2.05) is 53.7 Å². The molecule has 2 rings (SSSR count). The lowest BCUT2D eigenvalue weighted by atomic mass is 10.0. The number of piperidine rings is 1. The van der Waals surface area contributed by atoms with Crippen molar-refractivity contribution in [3.8, 4) is 5.75 Å². The van der Waals surface area contributed by atoms with Crippen molar-refractivity contribution < 1.29 is 14.3 Å². The first-order valence-electron chi connectivity index (χ1n) is 9.36. The largest absolute Gasteiger partial charge is 0.491 e. The average Bonchev–Trinajstić information content (AvgIpc) is 2.50. The van der Waals surface area contributed by atoms with Crippen molar-refractivity contribution in [3.63, 3.8) is 0 Å². The summed E-state index contributed by atoms with van der Waals surface area (Å²) in [5.41, 5.74) is 8.40. The summed E-state index contributed by atoms with van der Waals surface area (Å²) < 4.78 is 11.2. The summed E-state index contributed by atoms with van der Waals surface area (Å²) in [5, 5.41) is 3.52. The molecule has 0 bridgehead atoms. The lowest BCUT2D eigenvalue weighted by Gasteiger charge is -2.34. The number of aryl methyl sites for hydroxylation is 1. The minimum Gasteiger partial charge on any atom is -0.491 e. The molecule has 1 aliphatic rings. The molecule has 0 spiro atoms. The van der Waals surface area contributed by atoms with Crippen LogP contribution in [-0.2, 0) is 4.74 Å². The Bertz CT molecular complexity index is 630. The Morgan fingerprint density at radius 3 is 2.42 bits per heavy atom. The van der Waals surface area contributed by atoms with Gasteiger partial charge in [-0.3, -0.25) is 0 Å². The van der Waals surface area contributed by atoms with E-state index in [0.29, 0.717) is 18.8 Å². The van der Waals surface area contributed by atoms with E-state index >= 15 is 0 Å². The van der Waals surface area contributed by atoms with E-state index in [4.69, 9.17) is 15.2 Å². The van der Waals surface area contributed by atoms with Gasteiger partial charge < -0.3 is 25.4 Å². The number of likely N-dealkylation sites (tertiary alicyclic amines) is 1. The fraction of sp³-hybridized carbons (Fsp3) is 0.650. The molecule has 1 aromatic rings. The van der Waals surface area contributed by atoms with Gasteiger partial charge in [0.05, 0.1) is 17.5 Å². The first kappa shape index (κ1) is 20.2. The van der Waals surface area contributed by atoms with Crippen molar-refractivity contribution in [1.82, 2.24) is 4.90 Å². The summed E-state index contributed by atoms with van der Waals surface area (Å²) in [6.07, 6.45) is 1.61. The number of hydrogen-bond acceptors (Lipinski definition) is 5. The van der Waals surface area contributed by atoms with E-state index in [1.165, 1.54) is 0 Å². The van der Waals surface area contributed by atoms with E-state index in [0.717, 1.165) is 29.8 Å². The predicted molar refractivity (Wildman–Crippen MR) is 106 cm³/mol. The fourth-order valence-corrected chi connectivity index (χ4v) is 2.96. The number of carbonyl (C=O) groups is 1. The van der Waals surface area contributed by atoms with Crippen molar-refractivity contribution in [3.05, 3.63) is 17.7 Å². The smallest absolute Gasteiger partial charge is 0.410 e. The van der Waals surface area contributed by atoms with Gasteiger partial charge in [-0.25, -0.2) is 4.79 Å². The van der Waals surface area contributed by atoms with Crippen molar-refractivity contribution in [2.45, 2.75) is 72.1 Å². The van der Waals surface area contributed by atoms with E-state index in [-0.39, 0.29) is 18.2 Å². The minimum absolute atomic E-state index is 0.115. The Hall–Kier alpha value is -2.11. The second-order valence-corrected chi connectivity index (χ2v) is 8.26. The summed E-state index contributed by atoms with van der Waals surface area (Å²) >= 11 is 0. The van der Waals surface area contributed by atoms with Gasteiger partial charge in [0.25, 0.3) is 0 Å². The number of nitrogens with two attached hydrogens (primary N) is 1. The highest BCUT2D eigenvalue weighted by molar-refractivity contribution is 5.71. The molecule has 6 heteroatoms. The second-order valence-electron chi connectivity index (χ2n) is 8.26. The van der Waals surface area contributed by atoms with Gasteiger partial charge in [-0.15, -0.1) is 0 Å². The molecular formula is C20H33N3O3. The molecule has 1 aliphatic heterocycles. The highest BCUT2D eigenvalue weighted by atomic mass is 16.6. The Kier molecular flexibility index (Phi) is 6.26. The molecule has 3 N–H and O–H groups in total. The zero-order valence-electron chi connectivity index (χ0n) is 16.9. The molecule has 1 saturated heterocycles. The van der Waals surface area contributed by atoms with Crippen LogP contribution < -0.4 is 15.8 Å². The van der Waals surface area contributed by atoms with Gasteiger partial charge in [-0.2, -0.15) is 0 Å². The van der Waals surface area contributed by atoms with Crippen LogP contribution in [0.2, 0.25) is 0 Å². The van der Waals surface area contributed by atoms with Crippen LogP contribution in [0.25, 0.3) is 0 Å². The average molecular weight is 364 g/mol. The molecule has 0 aromatic heterocycles. The maximum atomic E-state index is 12.2. The molecule has 1 fully saturated rings. The lowest BCUT2D eigenvalue weighted by molar-refractivity contribution is 0.0210. The standard InChI is InChI=1S/C20H33N3O3/c1-13(2)25-18-12-16(21)17(11-14(18)3)22-15-7-9-23(10-8-15)19(24)26-20(4,5)6/h11-13,15,22H,7-10,21H2,1-6H3. The van der Waals surface area contributed by atoms with Crippen LogP contribution in [0.4, 0.5) is 16.2 Å². The number of carbonyl (C=O) groups excluding carboxylic acids is 1. The zero-order valence-corrected chi connectivity index (χ0v) is 16.9. The third-order valence-electron chi connectivity index (χ3n) is 4.22. The van der Waals surface area contributed by atoms with Crippen molar-refractivity contribution in [1.29, 1.82) is 0 Å². The predicted octanol–water partition coefficient (Wildman–Crippen LogP) is 4.18. The number of nitrogen functional groups attached to an aromatic ring is 1. The Morgan fingerprint density at radius 2 is 1.88 bits per heavy atom. The van der Waals surface area contributed by atoms with Gasteiger partial charge in [0.15, 0.2) is 0 Å². The van der Waals surface area contributed by atoms with Gasteiger partial charge in [0.1, 0.15) is 11.4 Å². The van der Waals surface area contributed by atoms with Crippen LogP contribution in [0.15, 0.2) is 12.1 Å². The van der Waals surface area contributed by atoms with Gasteiger partial charge in [0.2, 0.25) is 0 Å². The van der Waals surface area contributed by atoms with Gasteiger partial charge in [0, 0.05) is 25.2 Å². The Labute approximate surface area is 157 Å². The molecule has 0 aliphatic carbocycles. The van der Waals surface area contributed by atoms with Gasteiger partial charge in [-0.1, -0.05) is 0 Å². The zero-order chi connectivity index (χ0) is 19.5. The van der Waals surface area contributed by atoms with E-state index in [2.05, 4.69) is 5.32 Å². The van der Waals surface area contributed by atoms with Crippen LogP contribution in [0.1, 0.15) is 53.0 Å².